The van der Waals surface area contributed by atoms with Crippen molar-refractivity contribution in [2.45, 2.75) is 6.42 Å². The van der Waals surface area contributed by atoms with Crippen LogP contribution in [0, 0.1) is 0 Å². The van der Waals surface area contributed by atoms with Crippen molar-refractivity contribution in [3.63, 3.8) is 0 Å². The SMILES string of the molecule is O=C(NCCc1ccc2oc(=O)[nH]c2c1)c1ccccc1. The van der Waals surface area contributed by atoms with E-state index in [2.05, 4.69) is 10.3 Å². The number of rotatable bonds is 4. The zero-order chi connectivity index (χ0) is 14.7. The molecule has 0 spiro atoms. The predicted molar refractivity (Wildman–Crippen MR) is 79.3 cm³/mol. The lowest BCUT2D eigenvalue weighted by Gasteiger charge is -2.05. The van der Waals surface area contributed by atoms with Crippen molar-refractivity contribution in [1.82, 2.24) is 10.3 Å². The number of aromatic amines is 1. The molecule has 5 nitrogen and oxygen atoms in total. The second-order valence-electron chi connectivity index (χ2n) is 4.72. The molecular weight excluding hydrogens is 268 g/mol. The van der Waals surface area contributed by atoms with Crippen molar-refractivity contribution in [2.24, 2.45) is 0 Å². The molecule has 0 saturated carbocycles. The molecule has 1 aromatic heterocycles. The van der Waals surface area contributed by atoms with E-state index in [0.717, 1.165) is 5.56 Å². The number of hydrogen-bond donors (Lipinski definition) is 2. The summed E-state index contributed by atoms with van der Waals surface area (Å²) in [4.78, 5) is 25.6. The fraction of sp³-hybridized carbons (Fsp3) is 0.125. The molecule has 0 unspecified atom stereocenters. The molecular formula is C16H14N2O3. The molecule has 0 aliphatic heterocycles. The molecule has 2 N–H and O–H groups in total. The monoisotopic (exact) mass is 282 g/mol. The Balaban J connectivity index is 1.61. The topological polar surface area (TPSA) is 75.1 Å². The zero-order valence-electron chi connectivity index (χ0n) is 11.3. The third-order valence-electron chi connectivity index (χ3n) is 3.22. The summed E-state index contributed by atoms with van der Waals surface area (Å²) in [6.07, 6.45) is 0.682. The molecule has 0 aliphatic rings. The third-order valence-corrected chi connectivity index (χ3v) is 3.22. The van der Waals surface area contributed by atoms with E-state index < -0.39 is 5.76 Å². The summed E-state index contributed by atoms with van der Waals surface area (Å²) in [5.41, 5.74) is 2.88. The number of oxazole rings is 1. The molecule has 3 aromatic rings. The molecule has 0 saturated heterocycles. The Labute approximate surface area is 120 Å². The lowest BCUT2D eigenvalue weighted by atomic mass is 10.1. The predicted octanol–water partition coefficient (Wildman–Crippen LogP) is 2.09. The van der Waals surface area contributed by atoms with Crippen molar-refractivity contribution < 1.29 is 9.21 Å². The Kier molecular flexibility index (Phi) is 3.55. The van der Waals surface area contributed by atoms with Gasteiger partial charge in [0.15, 0.2) is 5.58 Å². The van der Waals surface area contributed by atoms with Gasteiger partial charge in [-0.05, 0) is 36.2 Å². The molecule has 106 valence electrons. The number of carbonyl (C=O) groups excluding carboxylic acids is 1. The highest BCUT2D eigenvalue weighted by Gasteiger charge is 2.05. The van der Waals surface area contributed by atoms with E-state index in [4.69, 9.17) is 4.42 Å². The second-order valence-corrected chi connectivity index (χ2v) is 4.72. The molecule has 0 atom stereocenters. The van der Waals surface area contributed by atoms with Gasteiger partial charge in [0.05, 0.1) is 5.52 Å². The standard InChI is InChI=1S/C16H14N2O3/c19-15(12-4-2-1-3-5-12)17-9-8-11-6-7-14-13(10-11)18-16(20)21-14/h1-7,10H,8-9H2,(H,17,19)(H,18,20). The van der Waals surface area contributed by atoms with E-state index >= 15 is 0 Å². The van der Waals surface area contributed by atoms with Gasteiger partial charge in [0.2, 0.25) is 0 Å². The van der Waals surface area contributed by atoms with Crippen LogP contribution in [0.1, 0.15) is 15.9 Å². The maximum atomic E-state index is 11.9. The Morgan fingerprint density at radius 3 is 2.76 bits per heavy atom. The first kappa shape index (κ1) is 13.2. The summed E-state index contributed by atoms with van der Waals surface area (Å²) in [5.74, 6) is -0.548. The molecule has 1 heterocycles. The summed E-state index contributed by atoms with van der Waals surface area (Å²) in [6, 6.07) is 14.6. The normalized spacial score (nSPS) is 10.7. The van der Waals surface area contributed by atoms with E-state index in [-0.39, 0.29) is 5.91 Å². The van der Waals surface area contributed by atoms with Gasteiger partial charge >= 0.3 is 5.76 Å². The highest BCUT2D eigenvalue weighted by molar-refractivity contribution is 5.94. The number of benzene rings is 2. The van der Waals surface area contributed by atoms with Crippen molar-refractivity contribution >= 4 is 17.0 Å². The first-order valence-electron chi connectivity index (χ1n) is 6.67. The summed E-state index contributed by atoms with van der Waals surface area (Å²) in [5, 5.41) is 2.87. The van der Waals surface area contributed by atoms with Crippen LogP contribution >= 0.6 is 0 Å². The molecule has 0 radical (unpaired) electrons. The maximum Gasteiger partial charge on any atom is 0.417 e. The average molecular weight is 282 g/mol. The molecule has 0 fully saturated rings. The number of fused-ring (bicyclic) bond motifs is 1. The number of aromatic nitrogens is 1. The van der Waals surface area contributed by atoms with Gasteiger partial charge in [0, 0.05) is 12.1 Å². The maximum absolute atomic E-state index is 11.9. The van der Waals surface area contributed by atoms with Gasteiger partial charge in [-0.25, -0.2) is 4.79 Å². The first-order chi connectivity index (χ1) is 10.2. The molecule has 0 bridgehead atoms. The second kappa shape index (κ2) is 5.66. The summed E-state index contributed by atoms with van der Waals surface area (Å²) < 4.78 is 4.94. The van der Waals surface area contributed by atoms with Crippen LogP contribution in [0.3, 0.4) is 0 Å². The van der Waals surface area contributed by atoms with Gasteiger partial charge in [-0.2, -0.15) is 0 Å². The first-order valence-corrected chi connectivity index (χ1v) is 6.67. The number of amides is 1. The lowest BCUT2D eigenvalue weighted by molar-refractivity contribution is 0.0954. The Bertz CT molecular complexity index is 818. The zero-order valence-corrected chi connectivity index (χ0v) is 11.3. The minimum atomic E-state index is -0.459. The molecule has 0 aliphatic carbocycles. The van der Waals surface area contributed by atoms with Crippen LogP contribution in [0.5, 0.6) is 0 Å². The van der Waals surface area contributed by atoms with Crippen LogP contribution in [0.2, 0.25) is 0 Å². The van der Waals surface area contributed by atoms with Gasteiger partial charge in [-0.1, -0.05) is 24.3 Å². The van der Waals surface area contributed by atoms with E-state index in [1.807, 2.05) is 30.3 Å². The average Bonchev–Trinajstić information content (AvgIpc) is 2.87. The van der Waals surface area contributed by atoms with Crippen LogP contribution < -0.4 is 11.1 Å². The molecule has 1 amide bonds. The highest BCUT2D eigenvalue weighted by atomic mass is 16.4. The minimum absolute atomic E-state index is 0.0894. The lowest BCUT2D eigenvalue weighted by Crippen LogP contribution is -2.25. The summed E-state index contributed by atoms with van der Waals surface area (Å²) in [6.45, 7) is 0.529. The van der Waals surface area contributed by atoms with Crippen LogP contribution in [0.25, 0.3) is 11.1 Å². The van der Waals surface area contributed by atoms with Crippen LogP contribution in [0.15, 0.2) is 57.7 Å². The molecule has 3 rings (SSSR count). The minimum Gasteiger partial charge on any atom is -0.408 e. The van der Waals surface area contributed by atoms with E-state index in [9.17, 15) is 9.59 Å². The van der Waals surface area contributed by atoms with Crippen molar-refractivity contribution in [3.05, 3.63) is 70.2 Å². The Morgan fingerprint density at radius 2 is 1.95 bits per heavy atom. The molecule has 5 heteroatoms. The number of nitrogens with one attached hydrogen (secondary N) is 2. The van der Waals surface area contributed by atoms with Crippen LogP contribution in [0.4, 0.5) is 0 Å². The van der Waals surface area contributed by atoms with Gasteiger partial charge in [-0.15, -0.1) is 0 Å². The highest BCUT2D eigenvalue weighted by Crippen LogP contribution is 2.12. The van der Waals surface area contributed by atoms with E-state index in [1.165, 1.54) is 0 Å². The van der Waals surface area contributed by atoms with Gasteiger partial charge in [-0.3, -0.25) is 9.78 Å². The number of H-pyrrole nitrogens is 1. The van der Waals surface area contributed by atoms with Gasteiger partial charge in [0.1, 0.15) is 0 Å². The van der Waals surface area contributed by atoms with Gasteiger partial charge in [0.25, 0.3) is 5.91 Å². The fourth-order valence-corrected chi connectivity index (χ4v) is 2.17. The van der Waals surface area contributed by atoms with E-state index in [1.54, 1.807) is 18.2 Å². The van der Waals surface area contributed by atoms with E-state index in [0.29, 0.717) is 29.6 Å². The smallest absolute Gasteiger partial charge is 0.408 e. The quantitative estimate of drug-likeness (QED) is 0.769. The largest absolute Gasteiger partial charge is 0.417 e. The molecule has 21 heavy (non-hydrogen) atoms. The van der Waals surface area contributed by atoms with Crippen LogP contribution in [-0.4, -0.2) is 17.4 Å². The number of hydrogen-bond acceptors (Lipinski definition) is 3. The summed E-state index contributed by atoms with van der Waals surface area (Å²) >= 11 is 0. The van der Waals surface area contributed by atoms with Crippen molar-refractivity contribution in [3.8, 4) is 0 Å². The van der Waals surface area contributed by atoms with Crippen molar-refractivity contribution in [2.75, 3.05) is 6.54 Å². The number of carbonyl (C=O) groups is 1. The summed E-state index contributed by atoms with van der Waals surface area (Å²) in [7, 11) is 0. The molecule has 2 aromatic carbocycles. The van der Waals surface area contributed by atoms with Gasteiger partial charge < -0.3 is 9.73 Å². The van der Waals surface area contributed by atoms with Crippen LogP contribution in [-0.2, 0) is 6.42 Å². The Hall–Kier alpha value is -2.82. The van der Waals surface area contributed by atoms with Crippen molar-refractivity contribution in [1.29, 1.82) is 0 Å². The third kappa shape index (κ3) is 3.02. The Morgan fingerprint density at radius 1 is 1.14 bits per heavy atom. The fourth-order valence-electron chi connectivity index (χ4n) is 2.17.